The van der Waals surface area contributed by atoms with Crippen molar-refractivity contribution in [3.8, 4) is 5.75 Å². The standard InChI is InChI=1S/C8H7BrF3NO/c1-4-3-6(9)7(5(2)13-4)14-8(10,11)12/h3H,1-2H3. The SMILES string of the molecule is Cc1cc(Br)c(OC(F)(F)F)c(C)n1. The highest BCUT2D eigenvalue weighted by molar-refractivity contribution is 9.10. The second-order valence-corrected chi connectivity index (χ2v) is 3.56. The summed E-state index contributed by atoms with van der Waals surface area (Å²) >= 11 is 2.99. The Kier molecular flexibility index (Phi) is 3.04. The molecule has 0 fully saturated rings. The fourth-order valence-electron chi connectivity index (χ4n) is 1.01. The maximum Gasteiger partial charge on any atom is 0.573 e. The average Bonchev–Trinajstić information content (AvgIpc) is 1.95. The molecule has 0 radical (unpaired) electrons. The van der Waals surface area contributed by atoms with Crippen molar-refractivity contribution in [1.82, 2.24) is 4.98 Å². The lowest BCUT2D eigenvalue weighted by molar-refractivity contribution is -0.275. The predicted octanol–water partition coefficient (Wildman–Crippen LogP) is 3.36. The Morgan fingerprint density at radius 2 is 1.93 bits per heavy atom. The Hall–Kier alpha value is -0.780. The minimum atomic E-state index is -4.69. The van der Waals surface area contributed by atoms with E-state index in [1.54, 1.807) is 6.92 Å². The molecule has 14 heavy (non-hydrogen) atoms. The quantitative estimate of drug-likeness (QED) is 0.780. The highest BCUT2D eigenvalue weighted by Crippen LogP contribution is 2.32. The summed E-state index contributed by atoms with van der Waals surface area (Å²) in [4.78, 5) is 3.86. The minimum absolute atomic E-state index is 0.203. The van der Waals surface area contributed by atoms with Crippen molar-refractivity contribution in [1.29, 1.82) is 0 Å². The van der Waals surface area contributed by atoms with Crippen molar-refractivity contribution in [3.63, 3.8) is 0 Å². The van der Waals surface area contributed by atoms with Crippen LogP contribution in [0, 0.1) is 13.8 Å². The van der Waals surface area contributed by atoms with Gasteiger partial charge in [0.2, 0.25) is 0 Å². The predicted molar refractivity (Wildman–Crippen MR) is 48.1 cm³/mol. The third kappa shape index (κ3) is 2.87. The van der Waals surface area contributed by atoms with E-state index in [0.717, 1.165) is 0 Å². The molecule has 0 aromatic carbocycles. The van der Waals surface area contributed by atoms with Crippen LogP contribution in [0.5, 0.6) is 5.75 Å². The van der Waals surface area contributed by atoms with Gasteiger partial charge in [0.15, 0.2) is 5.75 Å². The van der Waals surface area contributed by atoms with E-state index < -0.39 is 6.36 Å². The molecule has 78 valence electrons. The molecule has 0 atom stereocenters. The lowest BCUT2D eigenvalue weighted by Crippen LogP contribution is -2.18. The number of aryl methyl sites for hydroxylation is 2. The van der Waals surface area contributed by atoms with Crippen LogP contribution in [-0.2, 0) is 0 Å². The fraction of sp³-hybridized carbons (Fsp3) is 0.375. The van der Waals surface area contributed by atoms with Gasteiger partial charge < -0.3 is 4.74 Å². The summed E-state index contributed by atoms with van der Waals surface area (Å²) in [5, 5.41) is 0. The Bertz CT molecular complexity index is 328. The van der Waals surface area contributed by atoms with E-state index in [-0.39, 0.29) is 15.9 Å². The first-order chi connectivity index (χ1) is 6.29. The normalized spacial score (nSPS) is 11.6. The highest BCUT2D eigenvalue weighted by atomic mass is 79.9. The maximum absolute atomic E-state index is 11.9. The Balaban J connectivity index is 3.09. The number of halogens is 4. The summed E-state index contributed by atoms with van der Waals surface area (Å²) in [6, 6.07) is 1.47. The molecule has 1 aromatic heterocycles. The van der Waals surface area contributed by atoms with Gasteiger partial charge in [0, 0.05) is 5.69 Å². The van der Waals surface area contributed by atoms with Gasteiger partial charge in [0.25, 0.3) is 0 Å². The first-order valence-corrected chi connectivity index (χ1v) is 4.48. The van der Waals surface area contributed by atoms with Crippen LogP contribution < -0.4 is 4.74 Å². The Morgan fingerprint density at radius 1 is 1.36 bits per heavy atom. The molecule has 0 aliphatic heterocycles. The second-order valence-electron chi connectivity index (χ2n) is 2.71. The fourth-order valence-corrected chi connectivity index (χ4v) is 1.71. The molecule has 0 aliphatic rings. The van der Waals surface area contributed by atoms with Crippen molar-refractivity contribution in [3.05, 3.63) is 21.9 Å². The number of alkyl halides is 3. The molecule has 0 unspecified atom stereocenters. The number of hydrogen-bond acceptors (Lipinski definition) is 2. The van der Waals surface area contributed by atoms with Crippen LogP contribution in [0.2, 0.25) is 0 Å². The molecule has 0 aliphatic carbocycles. The Morgan fingerprint density at radius 3 is 2.36 bits per heavy atom. The van der Waals surface area contributed by atoms with E-state index in [1.165, 1.54) is 13.0 Å². The van der Waals surface area contributed by atoms with Crippen LogP contribution in [-0.4, -0.2) is 11.3 Å². The summed E-state index contributed by atoms with van der Waals surface area (Å²) in [5.41, 5.74) is 0.832. The van der Waals surface area contributed by atoms with Crippen LogP contribution in [0.3, 0.4) is 0 Å². The summed E-state index contributed by atoms with van der Waals surface area (Å²) in [5.74, 6) is -0.289. The summed E-state index contributed by atoms with van der Waals surface area (Å²) in [6.07, 6.45) is -4.69. The van der Waals surface area contributed by atoms with Gasteiger partial charge in [0.1, 0.15) is 0 Å². The first kappa shape index (κ1) is 11.3. The van der Waals surface area contributed by atoms with Gasteiger partial charge in [-0.3, -0.25) is 4.98 Å². The van der Waals surface area contributed by atoms with Crippen molar-refractivity contribution in [2.24, 2.45) is 0 Å². The summed E-state index contributed by atoms with van der Waals surface area (Å²) < 4.78 is 39.9. The molecule has 6 heteroatoms. The molecule has 0 saturated heterocycles. The smallest absolute Gasteiger partial charge is 0.403 e. The van der Waals surface area contributed by atoms with Crippen LogP contribution in [0.25, 0.3) is 0 Å². The topological polar surface area (TPSA) is 22.1 Å². The molecule has 0 saturated carbocycles. The van der Waals surface area contributed by atoms with Crippen molar-refractivity contribution in [2.45, 2.75) is 20.2 Å². The summed E-state index contributed by atoms with van der Waals surface area (Å²) in [7, 11) is 0. The van der Waals surface area contributed by atoms with Crippen molar-refractivity contribution < 1.29 is 17.9 Å². The lowest BCUT2D eigenvalue weighted by Gasteiger charge is -2.12. The van der Waals surface area contributed by atoms with Gasteiger partial charge in [-0.15, -0.1) is 13.2 Å². The molecular weight excluding hydrogens is 263 g/mol. The largest absolute Gasteiger partial charge is 0.573 e. The zero-order chi connectivity index (χ0) is 10.9. The van der Waals surface area contributed by atoms with Crippen LogP contribution in [0.15, 0.2) is 10.5 Å². The molecule has 0 bridgehead atoms. The van der Waals surface area contributed by atoms with Crippen molar-refractivity contribution in [2.75, 3.05) is 0 Å². The van der Waals surface area contributed by atoms with Gasteiger partial charge in [-0.1, -0.05) is 0 Å². The number of ether oxygens (including phenoxy) is 1. The zero-order valence-corrected chi connectivity index (χ0v) is 9.03. The van der Waals surface area contributed by atoms with Crippen molar-refractivity contribution >= 4 is 15.9 Å². The molecule has 2 nitrogen and oxygen atoms in total. The van der Waals surface area contributed by atoms with E-state index >= 15 is 0 Å². The average molecular weight is 270 g/mol. The van der Waals surface area contributed by atoms with E-state index in [2.05, 4.69) is 25.7 Å². The molecule has 1 aromatic rings. The molecule has 0 amide bonds. The minimum Gasteiger partial charge on any atom is -0.403 e. The van der Waals surface area contributed by atoms with Gasteiger partial charge in [-0.25, -0.2) is 0 Å². The van der Waals surface area contributed by atoms with E-state index in [4.69, 9.17) is 0 Å². The molecule has 1 rings (SSSR count). The monoisotopic (exact) mass is 269 g/mol. The zero-order valence-electron chi connectivity index (χ0n) is 7.44. The molecular formula is C8H7BrF3NO. The summed E-state index contributed by atoms with van der Waals surface area (Å²) in [6.45, 7) is 3.15. The number of pyridine rings is 1. The molecule has 0 N–H and O–H groups in total. The molecule has 0 spiro atoms. The number of hydrogen-bond donors (Lipinski definition) is 0. The van der Waals surface area contributed by atoms with E-state index in [1.807, 2.05) is 0 Å². The second kappa shape index (κ2) is 3.76. The number of aromatic nitrogens is 1. The van der Waals surface area contributed by atoms with Gasteiger partial charge in [-0.05, 0) is 35.8 Å². The van der Waals surface area contributed by atoms with Crippen LogP contribution in [0.1, 0.15) is 11.4 Å². The maximum atomic E-state index is 11.9. The van der Waals surface area contributed by atoms with Crippen LogP contribution in [0.4, 0.5) is 13.2 Å². The van der Waals surface area contributed by atoms with E-state index in [0.29, 0.717) is 5.69 Å². The number of rotatable bonds is 1. The van der Waals surface area contributed by atoms with Gasteiger partial charge in [0.05, 0.1) is 10.2 Å². The lowest BCUT2D eigenvalue weighted by atomic mass is 10.3. The third-order valence-electron chi connectivity index (χ3n) is 1.44. The van der Waals surface area contributed by atoms with Gasteiger partial charge >= 0.3 is 6.36 Å². The molecule has 1 heterocycles. The Labute approximate surface area is 87.2 Å². The van der Waals surface area contributed by atoms with Gasteiger partial charge in [-0.2, -0.15) is 0 Å². The van der Waals surface area contributed by atoms with E-state index in [9.17, 15) is 13.2 Å². The highest BCUT2D eigenvalue weighted by Gasteiger charge is 2.33. The first-order valence-electron chi connectivity index (χ1n) is 3.69. The van der Waals surface area contributed by atoms with Crippen LogP contribution >= 0.6 is 15.9 Å². The third-order valence-corrected chi connectivity index (χ3v) is 2.03. The number of nitrogens with zero attached hydrogens (tertiary/aromatic N) is 1.